The topological polar surface area (TPSA) is 15.3 Å². The molecule has 2 nitrogen and oxygen atoms in total. The van der Waals surface area contributed by atoms with Crippen LogP contribution in [0.2, 0.25) is 0 Å². The normalized spacial score (nSPS) is 21.0. The molecule has 0 saturated heterocycles. The molecule has 1 aliphatic carbocycles. The molecule has 0 amide bonds. The summed E-state index contributed by atoms with van der Waals surface area (Å²) in [6, 6.07) is 0.849. The van der Waals surface area contributed by atoms with Crippen LogP contribution in [0.15, 0.2) is 0 Å². The van der Waals surface area contributed by atoms with Gasteiger partial charge in [-0.2, -0.15) is 0 Å². The van der Waals surface area contributed by atoms with E-state index in [0.29, 0.717) is 5.41 Å². The maximum Gasteiger partial charge on any atom is 0.00926 e. The van der Waals surface area contributed by atoms with Crippen LogP contribution in [-0.2, 0) is 0 Å². The molecule has 1 saturated carbocycles. The Balaban J connectivity index is 2.10. The molecule has 1 rings (SSSR count). The molecule has 1 aliphatic rings. The summed E-state index contributed by atoms with van der Waals surface area (Å²) >= 11 is 0. The second-order valence-corrected chi connectivity index (χ2v) is 6.44. The highest BCUT2D eigenvalue weighted by Gasteiger charge is 2.28. The quantitative estimate of drug-likeness (QED) is 0.687. The van der Waals surface area contributed by atoms with Crippen LogP contribution in [0.4, 0.5) is 0 Å². The predicted octanol–water partition coefficient (Wildman–Crippen LogP) is 3.28. The summed E-state index contributed by atoms with van der Waals surface area (Å²) < 4.78 is 0. The summed E-state index contributed by atoms with van der Waals surface area (Å²) in [6.07, 6.45) is 8.26. The summed E-state index contributed by atoms with van der Waals surface area (Å²) in [7, 11) is 2.32. The van der Waals surface area contributed by atoms with E-state index in [1.807, 2.05) is 0 Å². The van der Waals surface area contributed by atoms with Crippen molar-refractivity contribution in [1.29, 1.82) is 0 Å². The Bertz CT molecular complexity index is 191. The Morgan fingerprint density at radius 1 is 1.18 bits per heavy atom. The minimum Gasteiger partial charge on any atom is -0.317 e. The van der Waals surface area contributed by atoms with E-state index >= 15 is 0 Å². The molecule has 0 bridgehead atoms. The van der Waals surface area contributed by atoms with Crippen molar-refractivity contribution in [2.75, 3.05) is 26.7 Å². The molecular weight excluding hydrogens is 208 g/mol. The van der Waals surface area contributed by atoms with Gasteiger partial charge in [0, 0.05) is 6.04 Å². The second-order valence-electron chi connectivity index (χ2n) is 6.44. The predicted molar refractivity (Wildman–Crippen MR) is 76.4 cm³/mol. The second kappa shape index (κ2) is 7.38. The number of nitrogens with one attached hydrogen (secondary N) is 1. The number of nitrogens with zero attached hydrogens (tertiary/aromatic N) is 1. The van der Waals surface area contributed by atoms with Gasteiger partial charge in [-0.3, -0.25) is 0 Å². The summed E-state index contributed by atoms with van der Waals surface area (Å²) in [6.45, 7) is 10.6. The van der Waals surface area contributed by atoms with Crippen LogP contribution in [0.3, 0.4) is 0 Å². The van der Waals surface area contributed by atoms with E-state index in [0.717, 1.165) is 12.6 Å². The minimum absolute atomic E-state index is 0.600. The van der Waals surface area contributed by atoms with Crippen LogP contribution in [0.25, 0.3) is 0 Å². The van der Waals surface area contributed by atoms with E-state index in [1.54, 1.807) is 0 Å². The molecular formula is C15H32N2. The SMILES string of the molecule is CCNCCCCN(C)C1CCC(C)(C)CC1. The Kier molecular flexibility index (Phi) is 6.50. The maximum absolute atomic E-state index is 3.39. The third-order valence-electron chi connectivity index (χ3n) is 4.30. The first kappa shape index (κ1) is 15.0. The minimum atomic E-state index is 0.600. The molecule has 0 heterocycles. The number of unbranched alkanes of at least 4 members (excludes halogenated alkanes) is 1. The number of hydrogen-bond donors (Lipinski definition) is 1. The summed E-state index contributed by atoms with van der Waals surface area (Å²) in [4.78, 5) is 2.60. The summed E-state index contributed by atoms with van der Waals surface area (Å²) in [5.74, 6) is 0. The van der Waals surface area contributed by atoms with Gasteiger partial charge in [0.15, 0.2) is 0 Å². The molecule has 1 fully saturated rings. The van der Waals surface area contributed by atoms with E-state index in [-0.39, 0.29) is 0 Å². The van der Waals surface area contributed by atoms with E-state index < -0.39 is 0 Å². The smallest absolute Gasteiger partial charge is 0.00926 e. The molecule has 0 spiro atoms. The lowest BCUT2D eigenvalue weighted by Gasteiger charge is -2.38. The van der Waals surface area contributed by atoms with E-state index in [4.69, 9.17) is 0 Å². The highest BCUT2D eigenvalue weighted by atomic mass is 15.1. The van der Waals surface area contributed by atoms with Gasteiger partial charge in [-0.15, -0.1) is 0 Å². The fourth-order valence-electron chi connectivity index (χ4n) is 2.80. The lowest BCUT2D eigenvalue weighted by atomic mass is 9.75. The number of hydrogen-bond acceptors (Lipinski definition) is 2. The third-order valence-corrected chi connectivity index (χ3v) is 4.30. The Labute approximate surface area is 108 Å². The van der Waals surface area contributed by atoms with E-state index in [9.17, 15) is 0 Å². The van der Waals surface area contributed by atoms with Crippen LogP contribution in [-0.4, -0.2) is 37.6 Å². The molecule has 0 aromatic rings. The molecule has 0 atom stereocenters. The van der Waals surface area contributed by atoms with Crippen LogP contribution < -0.4 is 5.32 Å². The first-order chi connectivity index (χ1) is 8.05. The zero-order valence-electron chi connectivity index (χ0n) is 12.4. The van der Waals surface area contributed by atoms with Crippen molar-refractivity contribution in [3.05, 3.63) is 0 Å². The molecule has 102 valence electrons. The van der Waals surface area contributed by atoms with Gasteiger partial charge in [-0.1, -0.05) is 20.8 Å². The zero-order valence-corrected chi connectivity index (χ0v) is 12.4. The summed E-state index contributed by atoms with van der Waals surface area (Å²) in [5, 5.41) is 3.39. The van der Waals surface area contributed by atoms with Crippen molar-refractivity contribution in [2.45, 2.75) is 65.3 Å². The molecule has 0 radical (unpaired) electrons. The van der Waals surface area contributed by atoms with E-state index in [2.05, 4.69) is 38.0 Å². The maximum atomic E-state index is 3.39. The van der Waals surface area contributed by atoms with Crippen molar-refractivity contribution >= 4 is 0 Å². The van der Waals surface area contributed by atoms with Crippen molar-refractivity contribution < 1.29 is 0 Å². The van der Waals surface area contributed by atoms with Crippen LogP contribution in [0, 0.1) is 5.41 Å². The molecule has 0 aromatic carbocycles. The van der Waals surface area contributed by atoms with Gasteiger partial charge < -0.3 is 10.2 Å². The van der Waals surface area contributed by atoms with Crippen molar-refractivity contribution in [3.63, 3.8) is 0 Å². The first-order valence-corrected chi connectivity index (χ1v) is 7.46. The monoisotopic (exact) mass is 240 g/mol. The lowest BCUT2D eigenvalue weighted by Crippen LogP contribution is -2.37. The average molecular weight is 240 g/mol. The Hall–Kier alpha value is -0.0800. The Morgan fingerprint density at radius 2 is 1.82 bits per heavy atom. The lowest BCUT2D eigenvalue weighted by molar-refractivity contribution is 0.126. The standard InChI is InChI=1S/C15H32N2/c1-5-16-12-6-7-13-17(4)14-8-10-15(2,3)11-9-14/h14,16H,5-13H2,1-4H3. The largest absolute Gasteiger partial charge is 0.317 e. The molecule has 1 N–H and O–H groups in total. The highest BCUT2D eigenvalue weighted by Crippen LogP contribution is 2.36. The van der Waals surface area contributed by atoms with Gasteiger partial charge in [-0.25, -0.2) is 0 Å². The molecule has 0 unspecified atom stereocenters. The zero-order chi connectivity index (χ0) is 12.7. The van der Waals surface area contributed by atoms with Crippen LogP contribution in [0.1, 0.15) is 59.3 Å². The first-order valence-electron chi connectivity index (χ1n) is 7.46. The third kappa shape index (κ3) is 5.87. The Morgan fingerprint density at radius 3 is 2.41 bits per heavy atom. The fourth-order valence-corrected chi connectivity index (χ4v) is 2.80. The number of rotatable bonds is 7. The highest BCUT2D eigenvalue weighted by molar-refractivity contribution is 4.82. The van der Waals surface area contributed by atoms with E-state index in [1.165, 1.54) is 51.6 Å². The van der Waals surface area contributed by atoms with Crippen molar-refractivity contribution in [1.82, 2.24) is 10.2 Å². The van der Waals surface area contributed by atoms with Gasteiger partial charge in [0.05, 0.1) is 0 Å². The molecule has 0 aromatic heterocycles. The molecule has 2 heteroatoms. The summed E-state index contributed by atoms with van der Waals surface area (Å²) in [5.41, 5.74) is 0.600. The fraction of sp³-hybridized carbons (Fsp3) is 1.00. The average Bonchev–Trinajstić information content (AvgIpc) is 2.28. The van der Waals surface area contributed by atoms with Gasteiger partial charge in [-0.05, 0) is 70.6 Å². The van der Waals surface area contributed by atoms with Gasteiger partial charge in [0.2, 0.25) is 0 Å². The van der Waals surface area contributed by atoms with Gasteiger partial charge in [0.1, 0.15) is 0 Å². The van der Waals surface area contributed by atoms with Crippen molar-refractivity contribution in [2.24, 2.45) is 5.41 Å². The van der Waals surface area contributed by atoms with Crippen molar-refractivity contribution in [3.8, 4) is 0 Å². The van der Waals surface area contributed by atoms with Gasteiger partial charge >= 0.3 is 0 Å². The molecule has 0 aliphatic heterocycles. The van der Waals surface area contributed by atoms with Crippen LogP contribution >= 0.6 is 0 Å². The molecule has 17 heavy (non-hydrogen) atoms. The van der Waals surface area contributed by atoms with Crippen LogP contribution in [0.5, 0.6) is 0 Å². The van der Waals surface area contributed by atoms with Gasteiger partial charge in [0.25, 0.3) is 0 Å².